The van der Waals surface area contributed by atoms with Crippen LogP contribution in [0.2, 0.25) is 0 Å². The summed E-state index contributed by atoms with van der Waals surface area (Å²) in [6.07, 6.45) is 11.6. The highest BCUT2D eigenvalue weighted by Gasteiger charge is 2.34. The Balaban J connectivity index is 1.57. The number of fused-ring (bicyclic) bond motifs is 1. The Labute approximate surface area is 117 Å². The first-order valence-corrected chi connectivity index (χ1v) is 8.37. The van der Waals surface area contributed by atoms with Gasteiger partial charge in [0.05, 0.1) is 6.04 Å². The summed E-state index contributed by atoms with van der Waals surface area (Å²) in [6, 6.07) is 0.114. The van der Waals surface area contributed by atoms with Crippen LogP contribution in [0.5, 0.6) is 0 Å². The smallest absolute Gasteiger partial charge is 0.239 e. The predicted molar refractivity (Wildman–Crippen MR) is 76.9 cm³/mol. The number of nitrogens with one attached hydrogen (secondary N) is 1. The second-order valence-corrected chi connectivity index (χ2v) is 6.73. The molecule has 3 heteroatoms. The summed E-state index contributed by atoms with van der Waals surface area (Å²) in [5.74, 6) is 2.11. The van der Waals surface area contributed by atoms with Gasteiger partial charge in [-0.3, -0.25) is 4.79 Å². The standard InChI is InChI=1S/C16H28N2O/c19-16(15-8-2-1-5-10-17-15)18-11-9-13-6-3-4-7-14(13)12-18/h13-15,17H,1-12H2. The first-order chi connectivity index (χ1) is 9.34. The van der Waals surface area contributed by atoms with E-state index in [4.69, 9.17) is 0 Å². The Kier molecular flexibility index (Phi) is 4.42. The molecule has 0 aromatic rings. The molecule has 1 saturated carbocycles. The Morgan fingerprint density at radius 3 is 2.58 bits per heavy atom. The van der Waals surface area contributed by atoms with Gasteiger partial charge in [-0.05, 0) is 44.1 Å². The maximum Gasteiger partial charge on any atom is 0.239 e. The van der Waals surface area contributed by atoms with Crippen LogP contribution in [0.3, 0.4) is 0 Å². The average molecular weight is 264 g/mol. The van der Waals surface area contributed by atoms with Crippen LogP contribution < -0.4 is 5.32 Å². The minimum atomic E-state index is 0.114. The highest BCUT2D eigenvalue weighted by Crippen LogP contribution is 2.36. The van der Waals surface area contributed by atoms with Gasteiger partial charge in [0, 0.05) is 13.1 Å². The topological polar surface area (TPSA) is 32.3 Å². The SMILES string of the molecule is O=C(C1CCCCCN1)N1CCC2CCCCC2C1. The van der Waals surface area contributed by atoms with Crippen molar-refractivity contribution in [2.75, 3.05) is 19.6 Å². The maximum atomic E-state index is 12.6. The van der Waals surface area contributed by atoms with Gasteiger partial charge in [0.2, 0.25) is 5.91 Å². The molecule has 2 aliphatic heterocycles. The fourth-order valence-electron chi connectivity index (χ4n) is 4.26. The van der Waals surface area contributed by atoms with E-state index in [9.17, 15) is 4.79 Å². The van der Waals surface area contributed by atoms with Gasteiger partial charge < -0.3 is 10.2 Å². The van der Waals surface area contributed by atoms with E-state index in [-0.39, 0.29) is 6.04 Å². The van der Waals surface area contributed by atoms with Crippen LogP contribution in [-0.2, 0) is 4.79 Å². The lowest BCUT2D eigenvalue weighted by Gasteiger charge is -2.42. The fourth-order valence-corrected chi connectivity index (χ4v) is 4.26. The first kappa shape index (κ1) is 13.4. The number of hydrogen-bond donors (Lipinski definition) is 1. The van der Waals surface area contributed by atoms with Crippen LogP contribution in [-0.4, -0.2) is 36.5 Å². The third kappa shape index (κ3) is 3.13. The summed E-state index contributed by atoms with van der Waals surface area (Å²) in [7, 11) is 0. The Bertz CT molecular complexity index is 310. The molecule has 108 valence electrons. The second-order valence-electron chi connectivity index (χ2n) is 6.73. The Morgan fingerprint density at radius 2 is 1.68 bits per heavy atom. The molecule has 3 aliphatic rings. The van der Waals surface area contributed by atoms with Crippen LogP contribution in [0.25, 0.3) is 0 Å². The molecule has 0 radical (unpaired) electrons. The number of piperidine rings is 1. The number of rotatable bonds is 1. The van der Waals surface area contributed by atoms with Crippen molar-refractivity contribution in [2.45, 2.75) is 63.8 Å². The van der Waals surface area contributed by atoms with Crippen LogP contribution in [0.15, 0.2) is 0 Å². The lowest BCUT2D eigenvalue weighted by atomic mass is 9.75. The van der Waals surface area contributed by atoms with Crippen molar-refractivity contribution in [3.8, 4) is 0 Å². The number of carbonyl (C=O) groups excluding carboxylic acids is 1. The zero-order valence-corrected chi connectivity index (χ0v) is 12.1. The molecule has 2 heterocycles. The number of amides is 1. The van der Waals surface area contributed by atoms with Crippen molar-refractivity contribution in [1.82, 2.24) is 10.2 Å². The van der Waals surface area contributed by atoms with Crippen LogP contribution >= 0.6 is 0 Å². The molecule has 3 fully saturated rings. The Hall–Kier alpha value is -0.570. The van der Waals surface area contributed by atoms with Gasteiger partial charge in [0.1, 0.15) is 0 Å². The van der Waals surface area contributed by atoms with Crippen molar-refractivity contribution in [1.29, 1.82) is 0 Å². The van der Waals surface area contributed by atoms with Gasteiger partial charge in [-0.1, -0.05) is 32.1 Å². The van der Waals surface area contributed by atoms with E-state index in [2.05, 4.69) is 10.2 Å². The van der Waals surface area contributed by atoms with E-state index >= 15 is 0 Å². The molecule has 3 nitrogen and oxygen atoms in total. The second kappa shape index (κ2) is 6.25. The molecule has 3 atom stereocenters. The summed E-state index contributed by atoms with van der Waals surface area (Å²) in [5, 5.41) is 3.46. The number of nitrogens with zero attached hydrogens (tertiary/aromatic N) is 1. The third-order valence-electron chi connectivity index (χ3n) is 5.46. The van der Waals surface area contributed by atoms with Gasteiger partial charge in [-0.15, -0.1) is 0 Å². The first-order valence-electron chi connectivity index (χ1n) is 8.37. The Morgan fingerprint density at radius 1 is 0.895 bits per heavy atom. The maximum absolute atomic E-state index is 12.6. The lowest BCUT2D eigenvalue weighted by Crippen LogP contribution is -2.51. The van der Waals surface area contributed by atoms with E-state index in [1.807, 2.05) is 0 Å². The van der Waals surface area contributed by atoms with Crippen molar-refractivity contribution in [3.05, 3.63) is 0 Å². The quantitative estimate of drug-likeness (QED) is 0.789. The summed E-state index contributed by atoms with van der Waals surface area (Å²) in [5.41, 5.74) is 0. The van der Waals surface area contributed by atoms with Crippen LogP contribution in [0, 0.1) is 11.8 Å². The normalized spacial score (nSPS) is 36.4. The average Bonchev–Trinajstić information content (AvgIpc) is 2.75. The van der Waals surface area contributed by atoms with Crippen molar-refractivity contribution in [3.63, 3.8) is 0 Å². The predicted octanol–water partition coefficient (Wildman–Crippen LogP) is 2.56. The molecular weight excluding hydrogens is 236 g/mol. The van der Waals surface area contributed by atoms with E-state index < -0.39 is 0 Å². The molecule has 0 bridgehead atoms. The van der Waals surface area contributed by atoms with Crippen LogP contribution in [0.1, 0.15) is 57.8 Å². The number of likely N-dealkylation sites (tertiary alicyclic amines) is 1. The fraction of sp³-hybridized carbons (Fsp3) is 0.938. The van der Waals surface area contributed by atoms with E-state index in [0.29, 0.717) is 5.91 Å². The minimum Gasteiger partial charge on any atom is -0.341 e. The van der Waals surface area contributed by atoms with Crippen LogP contribution in [0.4, 0.5) is 0 Å². The van der Waals surface area contributed by atoms with Crippen molar-refractivity contribution < 1.29 is 4.79 Å². The summed E-state index contributed by atoms with van der Waals surface area (Å²) < 4.78 is 0. The molecule has 3 rings (SSSR count). The van der Waals surface area contributed by atoms with Gasteiger partial charge in [0.15, 0.2) is 0 Å². The van der Waals surface area contributed by atoms with E-state index in [1.165, 1.54) is 51.4 Å². The van der Waals surface area contributed by atoms with E-state index in [1.54, 1.807) is 0 Å². The molecule has 0 aromatic heterocycles. The van der Waals surface area contributed by atoms with Gasteiger partial charge in [0.25, 0.3) is 0 Å². The molecule has 3 unspecified atom stereocenters. The van der Waals surface area contributed by atoms with Gasteiger partial charge in [-0.2, -0.15) is 0 Å². The van der Waals surface area contributed by atoms with Gasteiger partial charge in [-0.25, -0.2) is 0 Å². The van der Waals surface area contributed by atoms with E-state index in [0.717, 1.165) is 37.9 Å². The molecule has 1 amide bonds. The van der Waals surface area contributed by atoms with Crippen molar-refractivity contribution in [2.24, 2.45) is 11.8 Å². The van der Waals surface area contributed by atoms with Gasteiger partial charge >= 0.3 is 0 Å². The molecular formula is C16H28N2O. The molecule has 0 aromatic carbocycles. The number of hydrogen-bond acceptors (Lipinski definition) is 2. The summed E-state index contributed by atoms with van der Waals surface area (Å²) in [6.45, 7) is 3.08. The zero-order chi connectivity index (χ0) is 13.1. The largest absolute Gasteiger partial charge is 0.341 e. The molecule has 19 heavy (non-hydrogen) atoms. The molecule has 1 aliphatic carbocycles. The summed E-state index contributed by atoms with van der Waals surface area (Å²) >= 11 is 0. The molecule has 0 spiro atoms. The highest BCUT2D eigenvalue weighted by atomic mass is 16.2. The molecule has 2 saturated heterocycles. The molecule has 1 N–H and O–H groups in total. The minimum absolute atomic E-state index is 0.114. The highest BCUT2D eigenvalue weighted by molar-refractivity contribution is 5.82. The summed E-state index contributed by atoms with van der Waals surface area (Å²) in [4.78, 5) is 14.8. The monoisotopic (exact) mass is 264 g/mol. The number of carbonyl (C=O) groups is 1. The zero-order valence-electron chi connectivity index (χ0n) is 12.1. The van der Waals surface area contributed by atoms with Crippen molar-refractivity contribution >= 4 is 5.91 Å². The third-order valence-corrected chi connectivity index (χ3v) is 5.46. The lowest BCUT2D eigenvalue weighted by molar-refractivity contribution is -0.136.